The van der Waals surface area contributed by atoms with Gasteiger partial charge in [-0.1, -0.05) is 0 Å². The SMILES string of the molecule is Cc1cnc(Cn2cc(C(C)Cl)cn2)c(C)c1[N+](=O)[O-]. The molecule has 0 N–H and O–H groups in total. The number of nitro groups is 1. The lowest BCUT2D eigenvalue weighted by Crippen LogP contribution is -2.07. The molecule has 0 spiro atoms. The lowest BCUT2D eigenvalue weighted by atomic mass is 10.1. The lowest BCUT2D eigenvalue weighted by molar-refractivity contribution is -0.386. The number of aryl methyl sites for hydroxylation is 1. The average Bonchev–Trinajstić information content (AvgIpc) is 2.81. The molecule has 0 saturated carbocycles. The minimum atomic E-state index is -0.370. The molecule has 2 heterocycles. The Morgan fingerprint density at radius 3 is 2.70 bits per heavy atom. The Bertz CT molecular complexity index is 652. The van der Waals surface area contributed by atoms with Crippen LogP contribution in [0.1, 0.15) is 34.7 Å². The molecule has 0 amide bonds. The van der Waals surface area contributed by atoms with Gasteiger partial charge in [0.2, 0.25) is 0 Å². The van der Waals surface area contributed by atoms with Crippen molar-refractivity contribution in [2.24, 2.45) is 0 Å². The van der Waals surface area contributed by atoms with Crippen molar-refractivity contribution < 1.29 is 4.92 Å². The molecule has 0 radical (unpaired) electrons. The van der Waals surface area contributed by atoms with E-state index in [0.717, 1.165) is 5.56 Å². The second-order valence-electron chi connectivity index (χ2n) is 4.71. The van der Waals surface area contributed by atoms with Crippen LogP contribution in [0.3, 0.4) is 0 Å². The Hall–Kier alpha value is -1.95. The fourth-order valence-electron chi connectivity index (χ4n) is 2.03. The predicted molar refractivity (Wildman–Crippen MR) is 76.0 cm³/mol. The van der Waals surface area contributed by atoms with Crippen molar-refractivity contribution in [2.45, 2.75) is 32.7 Å². The van der Waals surface area contributed by atoms with Gasteiger partial charge in [0, 0.05) is 23.5 Å². The predicted octanol–water partition coefficient (Wildman–Crippen LogP) is 3.15. The Labute approximate surface area is 121 Å². The summed E-state index contributed by atoms with van der Waals surface area (Å²) in [6.45, 7) is 5.64. The summed E-state index contributed by atoms with van der Waals surface area (Å²) >= 11 is 5.98. The monoisotopic (exact) mass is 294 g/mol. The van der Waals surface area contributed by atoms with Gasteiger partial charge in [0.15, 0.2) is 0 Å². The summed E-state index contributed by atoms with van der Waals surface area (Å²) in [6.07, 6.45) is 5.04. The van der Waals surface area contributed by atoms with E-state index in [2.05, 4.69) is 10.1 Å². The lowest BCUT2D eigenvalue weighted by Gasteiger charge is -2.07. The van der Waals surface area contributed by atoms with Gasteiger partial charge in [0.05, 0.1) is 34.3 Å². The minimum Gasteiger partial charge on any atom is -0.266 e. The largest absolute Gasteiger partial charge is 0.278 e. The molecule has 6 nitrogen and oxygen atoms in total. The summed E-state index contributed by atoms with van der Waals surface area (Å²) in [5.74, 6) is 0. The fourth-order valence-corrected chi connectivity index (χ4v) is 2.14. The minimum absolute atomic E-state index is 0.119. The van der Waals surface area contributed by atoms with Crippen molar-refractivity contribution in [3.63, 3.8) is 0 Å². The van der Waals surface area contributed by atoms with Crippen LogP contribution in [0, 0.1) is 24.0 Å². The third kappa shape index (κ3) is 2.80. The summed E-state index contributed by atoms with van der Waals surface area (Å²) in [6, 6.07) is 0. The van der Waals surface area contributed by atoms with Gasteiger partial charge in [-0.2, -0.15) is 5.10 Å². The molecule has 2 rings (SSSR count). The van der Waals surface area contributed by atoms with Gasteiger partial charge in [0.25, 0.3) is 5.69 Å². The molecule has 0 aliphatic rings. The van der Waals surface area contributed by atoms with Crippen molar-refractivity contribution >= 4 is 17.3 Å². The highest BCUT2D eigenvalue weighted by Crippen LogP contribution is 2.25. The number of hydrogen-bond donors (Lipinski definition) is 0. The number of alkyl halides is 1. The Morgan fingerprint density at radius 2 is 2.15 bits per heavy atom. The summed E-state index contributed by atoms with van der Waals surface area (Å²) in [4.78, 5) is 15.0. The molecule has 0 saturated heterocycles. The van der Waals surface area contributed by atoms with Crippen LogP contribution in [-0.2, 0) is 6.54 Å². The molecule has 106 valence electrons. The number of pyridine rings is 1. The maximum absolute atomic E-state index is 11.1. The number of nitrogens with zero attached hydrogens (tertiary/aromatic N) is 4. The van der Waals surface area contributed by atoms with E-state index < -0.39 is 0 Å². The second kappa shape index (κ2) is 5.58. The standard InChI is InChI=1S/C13H15ClN4O2/c1-8-4-15-12(9(2)13(8)18(19)20)7-17-6-11(5-16-17)10(3)14/h4-6,10H,7H2,1-3H3. The van der Waals surface area contributed by atoms with Crippen LogP contribution in [0.2, 0.25) is 0 Å². The van der Waals surface area contributed by atoms with Crippen LogP contribution < -0.4 is 0 Å². The van der Waals surface area contributed by atoms with E-state index in [1.165, 1.54) is 6.20 Å². The van der Waals surface area contributed by atoms with Gasteiger partial charge < -0.3 is 0 Å². The molecule has 0 aliphatic heterocycles. The highest BCUT2D eigenvalue weighted by atomic mass is 35.5. The van der Waals surface area contributed by atoms with Crippen LogP contribution >= 0.6 is 11.6 Å². The molecule has 2 aromatic heterocycles. The van der Waals surface area contributed by atoms with Gasteiger partial charge >= 0.3 is 0 Å². The van der Waals surface area contributed by atoms with Crippen LogP contribution in [0.5, 0.6) is 0 Å². The zero-order valence-electron chi connectivity index (χ0n) is 11.5. The van der Waals surface area contributed by atoms with E-state index in [9.17, 15) is 10.1 Å². The zero-order valence-corrected chi connectivity index (χ0v) is 12.3. The number of rotatable bonds is 4. The van der Waals surface area contributed by atoms with Crippen LogP contribution in [0.4, 0.5) is 5.69 Å². The highest BCUT2D eigenvalue weighted by Gasteiger charge is 2.19. The van der Waals surface area contributed by atoms with Crippen LogP contribution in [0.25, 0.3) is 0 Å². The molecular formula is C13H15ClN4O2. The summed E-state index contributed by atoms with van der Waals surface area (Å²) in [5, 5.41) is 15.2. The first-order valence-corrected chi connectivity index (χ1v) is 6.59. The van der Waals surface area contributed by atoms with E-state index in [4.69, 9.17) is 11.6 Å². The third-order valence-electron chi connectivity index (χ3n) is 3.18. The Morgan fingerprint density at radius 1 is 1.45 bits per heavy atom. The molecule has 0 fully saturated rings. The molecule has 2 aromatic rings. The smallest absolute Gasteiger partial charge is 0.266 e. The van der Waals surface area contributed by atoms with E-state index in [-0.39, 0.29) is 16.0 Å². The van der Waals surface area contributed by atoms with E-state index in [0.29, 0.717) is 23.4 Å². The van der Waals surface area contributed by atoms with Crippen molar-refractivity contribution in [1.29, 1.82) is 0 Å². The quantitative estimate of drug-likeness (QED) is 0.493. The van der Waals surface area contributed by atoms with Crippen LogP contribution in [-0.4, -0.2) is 19.7 Å². The maximum atomic E-state index is 11.1. The maximum Gasteiger partial charge on any atom is 0.278 e. The molecule has 0 aliphatic carbocycles. The summed E-state index contributed by atoms with van der Waals surface area (Å²) in [7, 11) is 0. The summed E-state index contributed by atoms with van der Waals surface area (Å²) in [5.41, 5.74) is 2.80. The van der Waals surface area contributed by atoms with Gasteiger partial charge in [-0.05, 0) is 20.8 Å². The van der Waals surface area contributed by atoms with Gasteiger partial charge in [-0.15, -0.1) is 11.6 Å². The zero-order chi connectivity index (χ0) is 14.9. The Kier molecular flexibility index (Phi) is 4.04. The third-order valence-corrected chi connectivity index (χ3v) is 3.43. The van der Waals surface area contributed by atoms with E-state index in [1.807, 2.05) is 13.1 Å². The van der Waals surface area contributed by atoms with Gasteiger partial charge in [-0.3, -0.25) is 19.8 Å². The molecule has 1 unspecified atom stereocenters. The van der Waals surface area contributed by atoms with E-state index >= 15 is 0 Å². The van der Waals surface area contributed by atoms with Crippen molar-refractivity contribution in [3.8, 4) is 0 Å². The first-order chi connectivity index (χ1) is 9.40. The first-order valence-electron chi connectivity index (χ1n) is 6.16. The highest BCUT2D eigenvalue weighted by molar-refractivity contribution is 6.20. The Balaban J connectivity index is 2.34. The number of halogens is 1. The van der Waals surface area contributed by atoms with Crippen molar-refractivity contribution in [1.82, 2.24) is 14.8 Å². The normalized spacial score (nSPS) is 12.4. The molecule has 0 bridgehead atoms. The van der Waals surface area contributed by atoms with E-state index in [1.54, 1.807) is 24.7 Å². The van der Waals surface area contributed by atoms with Crippen LogP contribution in [0.15, 0.2) is 18.6 Å². The number of hydrogen-bond acceptors (Lipinski definition) is 4. The molecular weight excluding hydrogens is 280 g/mol. The van der Waals surface area contributed by atoms with Gasteiger partial charge in [0.1, 0.15) is 0 Å². The molecule has 7 heteroatoms. The van der Waals surface area contributed by atoms with Crippen molar-refractivity contribution in [2.75, 3.05) is 0 Å². The second-order valence-corrected chi connectivity index (χ2v) is 5.36. The summed E-state index contributed by atoms with van der Waals surface area (Å²) < 4.78 is 1.68. The number of aromatic nitrogens is 3. The average molecular weight is 295 g/mol. The van der Waals surface area contributed by atoms with Gasteiger partial charge in [-0.25, -0.2) is 0 Å². The molecule has 1 atom stereocenters. The fraction of sp³-hybridized carbons (Fsp3) is 0.385. The topological polar surface area (TPSA) is 73.8 Å². The molecule has 20 heavy (non-hydrogen) atoms. The first kappa shape index (κ1) is 14.5. The molecule has 0 aromatic carbocycles. The van der Waals surface area contributed by atoms with Crippen molar-refractivity contribution in [3.05, 3.63) is 51.1 Å².